The summed E-state index contributed by atoms with van der Waals surface area (Å²) in [7, 11) is 0. The molecule has 100 valence electrons. The molecule has 2 aromatic rings. The number of ether oxygens (including phenoxy) is 1. The summed E-state index contributed by atoms with van der Waals surface area (Å²) in [4.78, 5) is 0. The molecular formula is C14H17N3O2. The van der Waals surface area contributed by atoms with E-state index in [4.69, 9.17) is 14.9 Å². The van der Waals surface area contributed by atoms with Crippen LogP contribution in [0.3, 0.4) is 0 Å². The molecule has 0 saturated carbocycles. The van der Waals surface area contributed by atoms with Gasteiger partial charge < -0.3 is 14.9 Å². The smallest absolute Gasteiger partial charge is 0.253 e. The maximum atomic E-state index is 5.81. The van der Waals surface area contributed by atoms with Crippen molar-refractivity contribution in [2.75, 3.05) is 0 Å². The molecule has 5 heteroatoms. The topological polar surface area (TPSA) is 74.2 Å². The highest BCUT2D eigenvalue weighted by Crippen LogP contribution is 2.29. The number of benzene rings is 1. The quantitative estimate of drug-likeness (QED) is 0.908. The van der Waals surface area contributed by atoms with E-state index >= 15 is 0 Å². The Morgan fingerprint density at radius 1 is 1.16 bits per heavy atom. The summed E-state index contributed by atoms with van der Waals surface area (Å²) in [6, 6.07) is 6.23. The van der Waals surface area contributed by atoms with Gasteiger partial charge in [0, 0.05) is 0 Å². The Morgan fingerprint density at radius 2 is 2.00 bits per heavy atom. The minimum absolute atomic E-state index is 0.258. The van der Waals surface area contributed by atoms with Crippen LogP contribution in [0.1, 0.15) is 35.7 Å². The van der Waals surface area contributed by atoms with Crippen molar-refractivity contribution in [2.24, 2.45) is 5.73 Å². The highest BCUT2D eigenvalue weighted by Gasteiger charge is 2.14. The lowest BCUT2D eigenvalue weighted by Crippen LogP contribution is -2.06. The lowest BCUT2D eigenvalue weighted by atomic mass is 9.91. The summed E-state index contributed by atoms with van der Waals surface area (Å²) >= 11 is 0. The first kappa shape index (κ1) is 12.2. The second-order valence-electron chi connectivity index (χ2n) is 4.68. The first-order valence-corrected chi connectivity index (χ1v) is 6.61. The van der Waals surface area contributed by atoms with Crippen LogP contribution in [0.2, 0.25) is 0 Å². The van der Waals surface area contributed by atoms with Gasteiger partial charge in [0.05, 0.1) is 6.54 Å². The number of aromatic nitrogens is 2. The van der Waals surface area contributed by atoms with E-state index < -0.39 is 0 Å². The van der Waals surface area contributed by atoms with Gasteiger partial charge in [-0.2, -0.15) is 0 Å². The zero-order chi connectivity index (χ0) is 13.1. The van der Waals surface area contributed by atoms with Crippen molar-refractivity contribution in [3.63, 3.8) is 0 Å². The molecule has 0 saturated heterocycles. The summed E-state index contributed by atoms with van der Waals surface area (Å²) < 4.78 is 11.1. The van der Waals surface area contributed by atoms with Gasteiger partial charge in [-0.05, 0) is 42.9 Å². The van der Waals surface area contributed by atoms with Crippen molar-refractivity contribution < 1.29 is 9.15 Å². The molecule has 2 N–H and O–H groups in total. The van der Waals surface area contributed by atoms with E-state index in [1.54, 1.807) is 0 Å². The van der Waals surface area contributed by atoms with Crippen molar-refractivity contribution in [1.29, 1.82) is 0 Å². The summed E-state index contributed by atoms with van der Waals surface area (Å²) in [6.07, 6.45) is 4.72. The van der Waals surface area contributed by atoms with Crippen LogP contribution in [0, 0.1) is 0 Å². The van der Waals surface area contributed by atoms with Crippen molar-refractivity contribution in [2.45, 2.75) is 38.8 Å². The Kier molecular flexibility index (Phi) is 3.46. The molecule has 0 atom stereocenters. The number of aryl methyl sites for hydroxylation is 1. The second kappa shape index (κ2) is 5.40. The average molecular weight is 259 g/mol. The Bertz CT molecular complexity index is 566. The maximum absolute atomic E-state index is 5.81. The van der Waals surface area contributed by atoms with E-state index in [0.717, 1.165) is 18.6 Å². The van der Waals surface area contributed by atoms with Gasteiger partial charge in [0.25, 0.3) is 5.89 Å². The zero-order valence-electron chi connectivity index (χ0n) is 10.8. The van der Waals surface area contributed by atoms with Crippen molar-refractivity contribution >= 4 is 0 Å². The van der Waals surface area contributed by atoms with Crippen LogP contribution in [0.25, 0.3) is 0 Å². The van der Waals surface area contributed by atoms with Crippen molar-refractivity contribution in [3.05, 3.63) is 41.1 Å². The van der Waals surface area contributed by atoms with Crippen LogP contribution < -0.4 is 10.5 Å². The number of fused-ring (bicyclic) bond motifs is 1. The number of nitrogens with two attached hydrogens (primary N) is 1. The van der Waals surface area contributed by atoms with Crippen LogP contribution in [0.15, 0.2) is 22.6 Å². The Hall–Kier alpha value is -1.88. The number of rotatable bonds is 4. The predicted molar refractivity (Wildman–Crippen MR) is 69.6 cm³/mol. The highest BCUT2D eigenvalue weighted by molar-refractivity contribution is 5.41. The SMILES string of the molecule is NCc1nnc(COc2cccc3c2CCCC3)o1. The van der Waals surface area contributed by atoms with Crippen LogP contribution >= 0.6 is 0 Å². The summed E-state index contributed by atoms with van der Waals surface area (Å²) in [5, 5.41) is 7.71. The Morgan fingerprint density at radius 3 is 2.84 bits per heavy atom. The third-order valence-corrected chi connectivity index (χ3v) is 3.39. The first-order chi connectivity index (χ1) is 9.36. The molecule has 0 aliphatic heterocycles. The molecule has 1 heterocycles. The fourth-order valence-corrected chi connectivity index (χ4v) is 2.45. The van der Waals surface area contributed by atoms with Crippen LogP contribution in [0.4, 0.5) is 0 Å². The molecule has 0 fully saturated rings. The molecule has 0 radical (unpaired) electrons. The third-order valence-electron chi connectivity index (χ3n) is 3.39. The van der Waals surface area contributed by atoms with E-state index in [0.29, 0.717) is 18.4 Å². The summed E-state index contributed by atoms with van der Waals surface area (Å²) in [5.41, 5.74) is 8.15. The van der Waals surface area contributed by atoms with Crippen molar-refractivity contribution in [3.8, 4) is 5.75 Å². The van der Waals surface area contributed by atoms with Crippen LogP contribution in [-0.2, 0) is 26.0 Å². The fourth-order valence-electron chi connectivity index (χ4n) is 2.45. The molecule has 0 unspecified atom stereocenters. The molecule has 0 amide bonds. The van der Waals surface area contributed by atoms with E-state index in [-0.39, 0.29) is 6.54 Å². The molecule has 1 aromatic heterocycles. The van der Waals surface area contributed by atoms with E-state index in [9.17, 15) is 0 Å². The van der Waals surface area contributed by atoms with Gasteiger partial charge in [-0.15, -0.1) is 10.2 Å². The number of nitrogens with zero attached hydrogens (tertiary/aromatic N) is 2. The lowest BCUT2D eigenvalue weighted by molar-refractivity contribution is 0.256. The highest BCUT2D eigenvalue weighted by atomic mass is 16.5. The fraction of sp³-hybridized carbons (Fsp3) is 0.429. The van der Waals surface area contributed by atoms with Gasteiger partial charge >= 0.3 is 0 Å². The minimum Gasteiger partial charge on any atom is -0.484 e. The molecule has 0 bridgehead atoms. The van der Waals surface area contributed by atoms with Gasteiger partial charge in [-0.3, -0.25) is 0 Å². The Labute approximate surface area is 111 Å². The Balaban J connectivity index is 1.73. The van der Waals surface area contributed by atoms with Gasteiger partial charge in [-0.25, -0.2) is 0 Å². The molecule has 19 heavy (non-hydrogen) atoms. The molecule has 3 rings (SSSR count). The molecule has 5 nitrogen and oxygen atoms in total. The zero-order valence-corrected chi connectivity index (χ0v) is 10.8. The van der Waals surface area contributed by atoms with E-state index in [1.165, 1.54) is 24.0 Å². The van der Waals surface area contributed by atoms with Crippen molar-refractivity contribution in [1.82, 2.24) is 10.2 Å². The van der Waals surface area contributed by atoms with E-state index in [2.05, 4.69) is 16.3 Å². The largest absolute Gasteiger partial charge is 0.484 e. The molecule has 0 spiro atoms. The van der Waals surface area contributed by atoms with Gasteiger partial charge in [0.2, 0.25) is 5.89 Å². The third kappa shape index (κ3) is 2.61. The van der Waals surface area contributed by atoms with Gasteiger partial charge in [0.1, 0.15) is 5.75 Å². The molecule has 1 aromatic carbocycles. The lowest BCUT2D eigenvalue weighted by Gasteiger charge is -2.18. The van der Waals surface area contributed by atoms with Crippen LogP contribution in [0.5, 0.6) is 5.75 Å². The minimum atomic E-state index is 0.258. The monoisotopic (exact) mass is 259 g/mol. The molecule has 1 aliphatic rings. The standard InChI is InChI=1S/C14H17N3O2/c15-8-13-16-17-14(19-13)9-18-12-7-3-5-10-4-1-2-6-11(10)12/h3,5,7H,1-2,4,6,8-9,15H2. The van der Waals surface area contributed by atoms with Gasteiger partial charge in [0.15, 0.2) is 6.61 Å². The molecule has 1 aliphatic carbocycles. The summed E-state index contributed by atoms with van der Waals surface area (Å²) in [5.74, 6) is 1.84. The number of hydrogen-bond acceptors (Lipinski definition) is 5. The second-order valence-corrected chi connectivity index (χ2v) is 4.68. The van der Waals surface area contributed by atoms with Crippen LogP contribution in [-0.4, -0.2) is 10.2 Å². The van der Waals surface area contributed by atoms with E-state index in [1.807, 2.05) is 12.1 Å². The van der Waals surface area contributed by atoms with Gasteiger partial charge in [-0.1, -0.05) is 12.1 Å². The average Bonchev–Trinajstić information content (AvgIpc) is 2.93. The number of hydrogen-bond donors (Lipinski definition) is 1. The first-order valence-electron chi connectivity index (χ1n) is 6.61. The predicted octanol–water partition coefficient (Wildman–Crippen LogP) is 1.99. The maximum Gasteiger partial charge on any atom is 0.253 e. The summed E-state index contributed by atoms with van der Waals surface area (Å²) in [6.45, 7) is 0.553. The molecular weight excluding hydrogens is 242 g/mol. The normalized spacial score (nSPS) is 14.2.